The molecule has 0 spiro atoms. The molecule has 3 aromatic carbocycles. The maximum atomic E-state index is 9.95. The third-order valence-electron chi connectivity index (χ3n) is 4.30. The van der Waals surface area contributed by atoms with Crippen molar-refractivity contribution in [2.45, 2.75) is 13.3 Å². The predicted molar refractivity (Wildman–Crippen MR) is 109 cm³/mol. The molecule has 0 aliphatic carbocycles. The lowest BCUT2D eigenvalue weighted by Crippen LogP contribution is -1.86. The topological polar surface area (TPSA) is 73.3 Å². The number of hydrogen-bond donors (Lipinski definition) is 3. The summed E-state index contributed by atoms with van der Waals surface area (Å²) in [7, 11) is 0. The van der Waals surface area contributed by atoms with E-state index >= 15 is 0 Å². The van der Waals surface area contributed by atoms with Gasteiger partial charge in [-0.2, -0.15) is 0 Å². The molecule has 0 bridgehead atoms. The molecule has 136 valence electrons. The molecule has 4 heteroatoms. The first-order valence-electron chi connectivity index (χ1n) is 8.77. The number of carbonyl (C=O) groups is 1. The minimum absolute atomic E-state index is 0.222. The number of carboxylic acid groups (broad SMARTS) is 1. The number of rotatable bonds is 3. The molecule has 1 aromatic heterocycles. The largest absolute Gasteiger partial charge is 0.507 e. The van der Waals surface area contributed by atoms with E-state index in [4.69, 9.17) is 5.11 Å². The highest BCUT2D eigenvalue weighted by Crippen LogP contribution is 2.32. The Morgan fingerprint density at radius 3 is 2.04 bits per heavy atom. The third kappa shape index (κ3) is 4.18. The lowest BCUT2D eigenvalue weighted by atomic mass is 9.99. The minimum Gasteiger partial charge on any atom is -0.507 e. The standard InChI is InChI=1S/C20H15NO.C3H6O2/c22-20-8-4-2-5-16(20)14-9-11-15(12-10-14)18-13-21-19-7-3-1-6-17(18)19;1-2-3(4)5/h1-13,21-22H;2H2,1H3,(H,4,5). The number of aromatic nitrogens is 1. The first kappa shape index (κ1) is 18.3. The molecule has 0 unspecified atom stereocenters. The zero-order valence-electron chi connectivity index (χ0n) is 15.0. The molecule has 0 aliphatic heterocycles. The van der Waals surface area contributed by atoms with E-state index in [0.717, 1.165) is 22.2 Å². The monoisotopic (exact) mass is 359 g/mol. The van der Waals surface area contributed by atoms with Crippen LogP contribution in [0.1, 0.15) is 13.3 Å². The predicted octanol–water partition coefficient (Wildman–Crippen LogP) is 5.69. The molecular formula is C23H21NO3. The van der Waals surface area contributed by atoms with Crippen molar-refractivity contribution in [3.8, 4) is 28.0 Å². The normalized spacial score (nSPS) is 10.3. The summed E-state index contributed by atoms with van der Waals surface area (Å²) in [5, 5.41) is 18.9. The van der Waals surface area contributed by atoms with E-state index < -0.39 is 5.97 Å². The van der Waals surface area contributed by atoms with Crippen molar-refractivity contribution in [1.82, 2.24) is 4.98 Å². The van der Waals surface area contributed by atoms with E-state index in [2.05, 4.69) is 35.3 Å². The Balaban J connectivity index is 0.000000376. The highest BCUT2D eigenvalue weighted by Gasteiger charge is 2.07. The molecule has 3 N–H and O–H groups in total. The molecule has 27 heavy (non-hydrogen) atoms. The van der Waals surface area contributed by atoms with Gasteiger partial charge in [-0.25, -0.2) is 0 Å². The van der Waals surface area contributed by atoms with Gasteiger partial charge in [0.1, 0.15) is 5.75 Å². The lowest BCUT2D eigenvalue weighted by molar-refractivity contribution is -0.136. The first-order chi connectivity index (χ1) is 13.1. The Labute approximate surface area is 157 Å². The fourth-order valence-electron chi connectivity index (χ4n) is 2.86. The second kappa shape index (κ2) is 8.23. The number of phenolic OH excluding ortho intramolecular Hbond substituents is 1. The van der Waals surface area contributed by atoms with Gasteiger partial charge in [0.05, 0.1) is 0 Å². The number of aliphatic carboxylic acids is 1. The minimum atomic E-state index is -0.745. The van der Waals surface area contributed by atoms with Crippen LogP contribution >= 0.6 is 0 Å². The van der Waals surface area contributed by atoms with Gasteiger partial charge in [0.2, 0.25) is 0 Å². The summed E-state index contributed by atoms with van der Waals surface area (Å²) >= 11 is 0. The van der Waals surface area contributed by atoms with Crippen LogP contribution in [0.5, 0.6) is 5.75 Å². The van der Waals surface area contributed by atoms with Crippen molar-refractivity contribution in [3.05, 3.63) is 79.0 Å². The van der Waals surface area contributed by atoms with Gasteiger partial charge in [0.15, 0.2) is 0 Å². The van der Waals surface area contributed by atoms with E-state index in [1.54, 1.807) is 13.0 Å². The van der Waals surface area contributed by atoms with Crippen LogP contribution in [-0.4, -0.2) is 21.2 Å². The van der Waals surface area contributed by atoms with E-state index in [1.165, 1.54) is 10.9 Å². The summed E-state index contributed by atoms with van der Waals surface area (Å²) in [6, 6.07) is 24.0. The summed E-state index contributed by atoms with van der Waals surface area (Å²) in [4.78, 5) is 12.7. The number of hydrogen-bond acceptors (Lipinski definition) is 2. The zero-order valence-corrected chi connectivity index (χ0v) is 15.0. The van der Waals surface area contributed by atoms with Gasteiger partial charge in [0.25, 0.3) is 0 Å². The van der Waals surface area contributed by atoms with Crippen LogP contribution in [0, 0.1) is 0 Å². The van der Waals surface area contributed by atoms with Crippen LogP contribution < -0.4 is 0 Å². The summed E-state index contributed by atoms with van der Waals surface area (Å²) in [6.07, 6.45) is 2.26. The first-order valence-corrected chi connectivity index (χ1v) is 8.77. The van der Waals surface area contributed by atoms with Gasteiger partial charge >= 0.3 is 5.97 Å². The van der Waals surface area contributed by atoms with Crippen LogP contribution in [0.2, 0.25) is 0 Å². The van der Waals surface area contributed by atoms with Crippen LogP contribution in [0.3, 0.4) is 0 Å². The second-order valence-electron chi connectivity index (χ2n) is 6.09. The smallest absolute Gasteiger partial charge is 0.303 e. The number of para-hydroxylation sites is 2. The van der Waals surface area contributed by atoms with Gasteiger partial charge in [-0.1, -0.05) is 67.6 Å². The molecule has 4 aromatic rings. The third-order valence-corrected chi connectivity index (χ3v) is 4.30. The Kier molecular flexibility index (Phi) is 5.57. The Bertz CT molecular complexity index is 1050. The van der Waals surface area contributed by atoms with Gasteiger partial charge < -0.3 is 15.2 Å². The van der Waals surface area contributed by atoms with Crippen molar-refractivity contribution >= 4 is 16.9 Å². The Morgan fingerprint density at radius 2 is 1.41 bits per heavy atom. The quantitative estimate of drug-likeness (QED) is 0.440. The lowest BCUT2D eigenvalue weighted by Gasteiger charge is -2.06. The fraction of sp³-hybridized carbons (Fsp3) is 0.0870. The average molecular weight is 359 g/mol. The molecular weight excluding hydrogens is 338 g/mol. The summed E-state index contributed by atoms with van der Waals surface area (Å²) in [5.41, 5.74) is 5.37. The highest BCUT2D eigenvalue weighted by molar-refractivity contribution is 5.95. The van der Waals surface area contributed by atoms with Crippen molar-refractivity contribution in [2.75, 3.05) is 0 Å². The molecule has 0 saturated heterocycles. The number of aromatic hydroxyl groups is 1. The van der Waals surface area contributed by atoms with Crippen LogP contribution in [0.25, 0.3) is 33.2 Å². The number of benzene rings is 3. The van der Waals surface area contributed by atoms with Crippen molar-refractivity contribution in [2.24, 2.45) is 0 Å². The number of phenols is 1. The second-order valence-corrected chi connectivity index (χ2v) is 6.09. The van der Waals surface area contributed by atoms with Crippen LogP contribution in [-0.2, 0) is 4.79 Å². The van der Waals surface area contributed by atoms with Gasteiger partial charge in [-0.3, -0.25) is 4.79 Å². The summed E-state index contributed by atoms with van der Waals surface area (Å²) in [6.45, 7) is 1.60. The maximum absolute atomic E-state index is 9.95. The van der Waals surface area contributed by atoms with Gasteiger partial charge in [0, 0.05) is 34.6 Å². The number of H-pyrrole nitrogens is 1. The van der Waals surface area contributed by atoms with Crippen molar-refractivity contribution in [3.63, 3.8) is 0 Å². The molecule has 4 nitrogen and oxygen atoms in total. The molecule has 4 rings (SSSR count). The fourth-order valence-corrected chi connectivity index (χ4v) is 2.86. The van der Waals surface area contributed by atoms with Gasteiger partial charge in [-0.05, 0) is 23.3 Å². The zero-order chi connectivity index (χ0) is 19.2. The SMILES string of the molecule is CCC(=O)O.Oc1ccccc1-c1ccc(-c2c[nH]c3ccccc23)cc1. The molecule has 0 aliphatic rings. The number of carboxylic acids is 1. The van der Waals surface area contributed by atoms with Crippen LogP contribution in [0.4, 0.5) is 0 Å². The van der Waals surface area contributed by atoms with E-state index in [1.807, 2.05) is 42.6 Å². The molecule has 0 radical (unpaired) electrons. The summed E-state index contributed by atoms with van der Waals surface area (Å²) < 4.78 is 0. The number of aromatic amines is 1. The summed E-state index contributed by atoms with van der Waals surface area (Å²) in [5.74, 6) is -0.438. The van der Waals surface area contributed by atoms with E-state index in [-0.39, 0.29) is 6.42 Å². The maximum Gasteiger partial charge on any atom is 0.303 e. The molecule has 0 fully saturated rings. The molecule has 1 heterocycles. The molecule has 0 amide bonds. The Morgan fingerprint density at radius 1 is 0.852 bits per heavy atom. The van der Waals surface area contributed by atoms with Crippen molar-refractivity contribution < 1.29 is 15.0 Å². The van der Waals surface area contributed by atoms with Crippen molar-refractivity contribution in [1.29, 1.82) is 0 Å². The molecule has 0 saturated carbocycles. The van der Waals surface area contributed by atoms with E-state index in [9.17, 15) is 9.90 Å². The average Bonchev–Trinajstić information content (AvgIpc) is 3.13. The molecule has 0 atom stereocenters. The van der Waals surface area contributed by atoms with Crippen LogP contribution in [0.15, 0.2) is 79.0 Å². The number of nitrogens with one attached hydrogen (secondary N) is 1. The highest BCUT2D eigenvalue weighted by atomic mass is 16.4. The van der Waals surface area contributed by atoms with Gasteiger partial charge in [-0.15, -0.1) is 0 Å². The Hall–Kier alpha value is -3.53. The number of fused-ring (bicyclic) bond motifs is 1. The van der Waals surface area contributed by atoms with E-state index in [0.29, 0.717) is 5.75 Å².